The Morgan fingerprint density at radius 2 is 1.81 bits per heavy atom. The summed E-state index contributed by atoms with van der Waals surface area (Å²) in [5.41, 5.74) is 3.70. The number of carbonyl (C=O) groups is 1. The summed E-state index contributed by atoms with van der Waals surface area (Å²) in [6.07, 6.45) is 0. The van der Waals surface area contributed by atoms with Gasteiger partial charge in [0.1, 0.15) is 5.75 Å². The maximum absolute atomic E-state index is 12.0. The van der Waals surface area contributed by atoms with Crippen LogP contribution >= 0.6 is 11.6 Å². The van der Waals surface area contributed by atoms with Gasteiger partial charge in [-0.1, -0.05) is 29.3 Å². The average molecular weight is 372 g/mol. The molecule has 0 unspecified atom stereocenters. The van der Waals surface area contributed by atoms with E-state index < -0.39 is 0 Å². The molecule has 1 N–H and O–H groups in total. The second-order valence-corrected chi connectivity index (χ2v) is 6.38. The van der Waals surface area contributed by atoms with Crippen molar-refractivity contribution in [1.29, 1.82) is 0 Å². The fourth-order valence-corrected chi connectivity index (χ4v) is 2.50. The summed E-state index contributed by atoms with van der Waals surface area (Å²) in [4.78, 5) is 16.2. The van der Waals surface area contributed by atoms with Gasteiger partial charge in [-0.2, -0.15) is 4.98 Å². The number of ether oxygens (including phenoxy) is 1. The van der Waals surface area contributed by atoms with Crippen LogP contribution in [-0.2, 0) is 4.79 Å². The molecule has 1 amide bonds. The number of aryl methyl sites for hydroxylation is 3. The molecule has 0 bridgehead atoms. The van der Waals surface area contributed by atoms with Gasteiger partial charge in [-0.3, -0.25) is 10.1 Å². The lowest BCUT2D eigenvalue weighted by Gasteiger charge is -2.09. The molecule has 0 saturated heterocycles. The minimum absolute atomic E-state index is 0.0950. The molecule has 0 spiro atoms. The number of hydrogen-bond donors (Lipinski definition) is 1. The van der Waals surface area contributed by atoms with Crippen LogP contribution < -0.4 is 10.1 Å². The number of amides is 1. The number of halogens is 1. The number of hydrogen-bond acceptors (Lipinski definition) is 5. The molecule has 0 aliphatic carbocycles. The van der Waals surface area contributed by atoms with Gasteiger partial charge in [-0.15, -0.1) is 0 Å². The lowest BCUT2D eigenvalue weighted by molar-refractivity contribution is -0.118. The Kier molecular flexibility index (Phi) is 5.23. The molecule has 1 heterocycles. The first kappa shape index (κ1) is 17.9. The molecule has 0 atom stereocenters. The van der Waals surface area contributed by atoms with Crippen LogP contribution in [0.4, 0.5) is 5.95 Å². The van der Waals surface area contributed by atoms with E-state index in [-0.39, 0.29) is 18.5 Å². The van der Waals surface area contributed by atoms with Gasteiger partial charge in [0, 0.05) is 10.6 Å². The molecule has 0 radical (unpaired) electrons. The highest BCUT2D eigenvalue weighted by atomic mass is 35.5. The predicted molar refractivity (Wildman–Crippen MR) is 99.5 cm³/mol. The number of carbonyl (C=O) groups excluding carboxylic acids is 1. The Hall–Kier alpha value is -2.86. The van der Waals surface area contributed by atoms with Crippen LogP contribution in [0, 0.1) is 20.8 Å². The number of rotatable bonds is 5. The summed E-state index contributed by atoms with van der Waals surface area (Å²) >= 11 is 6.12. The molecule has 0 aliphatic heterocycles. The van der Waals surface area contributed by atoms with Crippen LogP contribution in [0.2, 0.25) is 5.02 Å². The number of anilines is 1. The zero-order valence-corrected chi connectivity index (χ0v) is 15.4. The van der Waals surface area contributed by atoms with Crippen LogP contribution in [0.25, 0.3) is 11.5 Å². The Balaban J connectivity index is 1.59. The maximum atomic E-state index is 12.0. The van der Waals surface area contributed by atoms with Crippen LogP contribution in [0.5, 0.6) is 5.75 Å². The molecule has 6 nitrogen and oxygen atoms in total. The van der Waals surface area contributed by atoms with Crippen molar-refractivity contribution in [2.45, 2.75) is 20.8 Å². The Morgan fingerprint density at radius 1 is 1.15 bits per heavy atom. The van der Waals surface area contributed by atoms with Gasteiger partial charge in [0.05, 0.1) is 0 Å². The minimum Gasteiger partial charge on any atom is -0.484 e. The van der Waals surface area contributed by atoms with E-state index in [1.165, 1.54) is 0 Å². The van der Waals surface area contributed by atoms with E-state index in [1.807, 2.05) is 45.0 Å². The quantitative estimate of drug-likeness (QED) is 0.722. The van der Waals surface area contributed by atoms with Crippen molar-refractivity contribution in [3.63, 3.8) is 0 Å². The topological polar surface area (TPSA) is 77.2 Å². The summed E-state index contributed by atoms with van der Waals surface area (Å²) in [6, 6.07) is 11.2. The Bertz CT molecular complexity index is 912. The van der Waals surface area contributed by atoms with E-state index in [2.05, 4.69) is 15.5 Å². The number of aromatic nitrogens is 2. The first-order chi connectivity index (χ1) is 12.4. The van der Waals surface area contributed by atoms with Crippen LogP contribution in [-0.4, -0.2) is 22.7 Å². The van der Waals surface area contributed by atoms with Crippen molar-refractivity contribution < 1.29 is 14.1 Å². The molecule has 2 aromatic carbocycles. The van der Waals surface area contributed by atoms with Crippen molar-refractivity contribution in [1.82, 2.24) is 10.1 Å². The van der Waals surface area contributed by atoms with Gasteiger partial charge in [-0.05, 0) is 61.3 Å². The van der Waals surface area contributed by atoms with Gasteiger partial charge in [0.2, 0.25) is 0 Å². The van der Waals surface area contributed by atoms with Gasteiger partial charge in [-0.25, -0.2) is 0 Å². The van der Waals surface area contributed by atoms with Crippen molar-refractivity contribution in [2.24, 2.45) is 0 Å². The van der Waals surface area contributed by atoms with Crippen molar-refractivity contribution in [3.8, 4) is 17.2 Å². The van der Waals surface area contributed by atoms with E-state index >= 15 is 0 Å². The zero-order chi connectivity index (χ0) is 18.7. The largest absolute Gasteiger partial charge is 0.484 e. The van der Waals surface area contributed by atoms with E-state index in [1.54, 1.807) is 12.1 Å². The Labute approximate surface area is 156 Å². The third-order valence-corrected chi connectivity index (χ3v) is 4.35. The van der Waals surface area contributed by atoms with E-state index in [4.69, 9.17) is 20.9 Å². The number of benzene rings is 2. The summed E-state index contributed by atoms with van der Waals surface area (Å²) < 4.78 is 10.7. The van der Waals surface area contributed by atoms with E-state index in [9.17, 15) is 4.79 Å². The Morgan fingerprint density at radius 3 is 2.46 bits per heavy atom. The highest BCUT2D eigenvalue weighted by Gasteiger charge is 2.12. The second-order valence-electron chi connectivity index (χ2n) is 6.00. The second kappa shape index (κ2) is 7.58. The average Bonchev–Trinajstić information content (AvgIpc) is 3.06. The molecule has 134 valence electrons. The molecule has 26 heavy (non-hydrogen) atoms. The monoisotopic (exact) mass is 371 g/mol. The molecule has 3 rings (SSSR count). The van der Waals surface area contributed by atoms with E-state index in [0.717, 1.165) is 22.3 Å². The third-order valence-electron chi connectivity index (χ3n) is 3.76. The van der Waals surface area contributed by atoms with Crippen LogP contribution in [0.3, 0.4) is 0 Å². The van der Waals surface area contributed by atoms with Crippen molar-refractivity contribution in [2.75, 3.05) is 11.9 Å². The molecule has 0 aliphatic rings. The van der Waals surface area contributed by atoms with Crippen LogP contribution in [0.15, 0.2) is 40.9 Å². The molecular formula is C19H18ClN3O3. The lowest BCUT2D eigenvalue weighted by atomic mass is 10.1. The van der Waals surface area contributed by atoms with Gasteiger partial charge >= 0.3 is 0 Å². The number of nitrogens with zero attached hydrogens (tertiary/aromatic N) is 2. The highest BCUT2D eigenvalue weighted by molar-refractivity contribution is 6.32. The number of nitrogens with one attached hydrogen (secondary N) is 1. The molecule has 0 saturated carbocycles. The van der Waals surface area contributed by atoms with Crippen molar-refractivity contribution in [3.05, 3.63) is 58.1 Å². The summed E-state index contributed by atoms with van der Waals surface area (Å²) in [6.45, 7) is 5.59. The lowest BCUT2D eigenvalue weighted by Crippen LogP contribution is -2.20. The fourth-order valence-electron chi connectivity index (χ4n) is 2.39. The summed E-state index contributed by atoms with van der Waals surface area (Å²) in [5, 5.41) is 7.00. The van der Waals surface area contributed by atoms with Gasteiger partial charge in [0.25, 0.3) is 17.7 Å². The molecule has 1 aromatic heterocycles. The summed E-state index contributed by atoms with van der Waals surface area (Å²) in [7, 11) is 0. The minimum atomic E-state index is -0.383. The predicted octanol–water partition coefficient (Wildman–Crippen LogP) is 4.33. The molecule has 0 fully saturated rings. The molecule has 7 heteroatoms. The maximum Gasteiger partial charge on any atom is 0.270 e. The van der Waals surface area contributed by atoms with E-state index in [0.29, 0.717) is 16.7 Å². The first-order valence-corrected chi connectivity index (χ1v) is 8.40. The smallest absolute Gasteiger partial charge is 0.270 e. The zero-order valence-electron chi connectivity index (χ0n) is 14.7. The molecule has 3 aromatic rings. The summed E-state index contributed by atoms with van der Waals surface area (Å²) in [5.74, 6) is 0.627. The SMILES string of the molecule is Cc1ccc(-c2nc(NC(=O)COc3cc(C)c(Cl)c(C)c3)no2)cc1. The third kappa shape index (κ3) is 4.21. The van der Waals surface area contributed by atoms with Crippen LogP contribution in [0.1, 0.15) is 16.7 Å². The standard InChI is InChI=1S/C19H18ClN3O3/c1-11-4-6-14(7-5-11)18-22-19(23-26-18)21-16(24)10-25-15-8-12(2)17(20)13(3)9-15/h4-9H,10H2,1-3H3,(H,21,23,24). The van der Waals surface area contributed by atoms with Crippen molar-refractivity contribution >= 4 is 23.5 Å². The van der Waals surface area contributed by atoms with Gasteiger partial charge < -0.3 is 9.26 Å². The molecular weight excluding hydrogens is 354 g/mol. The van der Waals surface area contributed by atoms with Gasteiger partial charge in [0.15, 0.2) is 6.61 Å². The normalized spacial score (nSPS) is 10.6. The fraction of sp³-hybridized carbons (Fsp3) is 0.211. The highest BCUT2D eigenvalue weighted by Crippen LogP contribution is 2.26. The first-order valence-electron chi connectivity index (χ1n) is 8.02.